The maximum Gasteiger partial charge on any atom is 0.187 e. The summed E-state index contributed by atoms with van der Waals surface area (Å²) < 4.78 is 5.47. The van der Waals surface area contributed by atoms with Crippen LogP contribution in [0.5, 0.6) is 5.75 Å². The van der Waals surface area contributed by atoms with Crippen molar-refractivity contribution in [3.8, 4) is 5.75 Å². The summed E-state index contributed by atoms with van der Waals surface area (Å²) in [5.41, 5.74) is 1.87. The van der Waals surface area contributed by atoms with Gasteiger partial charge in [-0.15, -0.1) is 11.8 Å². The van der Waals surface area contributed by atoms with Gasteiger partial charge >= 0.3 is 0 Å². The Hall–Kier alpha value is -1.78. The first-order valence-corrected chi connectivity index (χ1v) is 8.72. The zero-order valence-corrected chi connectivity index (χ0v) is 14.3. The minimum absolute atomic E-state index is 0.121. The van der Waals surface area contributed by atoms with Crippen molar-refractivity contribution in [2.45, 2.75) is 23.6 Å². The molecule has 0 aromatic heterocycles. The van der Waals surface area contributed by atoms with Gasteiger partial charge in [0.2, 0.25) is 0 Å². The number of carbonyl (C=O) groups excluding carboxylic acids is 1. The molecule has 0 radical (unpaired) electrons. The third-order valence-corrected chi connectivity index (χ3v) is 4.99. The normalized spacial score (nSPS) is 16.8. The van der Waals surface area contributed by atoms with Crippen molar-refractivity contribution >= 4 is 35.4 Å². The van der Waals surface area contributed by atoms with Gasteiger partial charge in [-0.1, -0.05) is 23.7 Å². The van der Waals surface area contributed by atoms with Crippen LogP contribution in [-0.4, -0.2) is 23.9 Å². The fourth-order valence-corrected chi connectivity index (χ4v) is 3.63. The van der Waals surface area contributed by atoms with Crippen molar-refractivity contribution in [1.82, 2.24) is 0 Å². The van der Waals surface area contributed by atoms with Crippen molar-refractivity contribution < 1.29 is 14.5 Å². The van der Waals surface area contributed by atoms with Crippen LogP contribution in [0.3, 0.4) is 0 Å². The summed E-state index contributed by atoms with van der Waals surface area (Å²) in [6.45, 7) is 3.20. The van der Waals surface area contributed by atoms with E-state index < -0.39 is 0 Å². The summed E-state index contributed by atoms with van der Waals surface area (Å²) >= 11 is 7.43. The van der Waals surface area contributed by atoms with Crippen LogP contribution in [0.25, 0.3) is 0 Å². The van der Waals surface area contributed by atoms with Gasteiger partial charge in [0.15, 0.2) is 18.5 Å². The van der Waals surface area contributed by atoms with Crippen LogP contribution < -0.4 is 9.73 Å². The van der Waals surface area contributed by atoms with Gasteiger partial charge in [0.1, 0.15) is 11.0 Å². The van der Waals surface area contributed by atoms with Crippen LogP contribution in [0.15, 0.2) is 47.4 Å². The lowest BCUT2D eigenvalue weighted by Crippen LogP contribution is -2.68. The Morgan fingerprint density at radius 3 is 2.78 bits per heavy atom. The first-order chi connectivity index (χ1) is 11.2. The number of nitrogens with one attached hydrogen (secondary N) is 1. The highest BCUT2D eigenvalue weighted by molar-refractivity contribution is 8.02. The molecule has 0 aliphatic carbocycles. The smallest absolute Gasteiger partial charge is 0.187 e. The molecule has 2 aromatic carbocycles. The van der Waals surface area contributed by atoms with Gasteiger partial charge < -0.3 is 4.74 Å². The second kappa shape index (κ2) is 7.20. The molecular formula is C18H17ClNO2S+. The van der Waals surface area contributed by atoms with E-state index >= 15 is 0 Å². The third kappa shape index (κ3) is 3.77. The minimum Gasteiger partial charge on any atom is -0.494 e. The van der Waals surface area contributed by atoms with Gasteiger partial charge in [-0.2, -0.15) is 0 Å². The number of halogens is 1. The standard InChI is InChI=1S/C18H16ClNO2S/c1-2-22-14-7-8-16-15(9-14)18(21)17(23-16)11-20-10-12-3-5-13(19)6-4-12/h3-9,11,17H,2,10H2,1H3/p+1/t17-/m0/s1. The Labute approximate surface area is 144 Å². The van der Waals surface area contributed by atoms with Gasteiger partial charge in [-0.25, -0.2) is 4.99 Å². The van der Waals surface area contributed by atoms with E-state index in [2.05, 4.69) is 4.99 Å². The minimum atomic E-state index is -0.200. The number of rotatable bonds is 5. The van der Waals surface area contributed by atoms with Crippen LogP contribution in [0.1, 0.15) is 22.8 Å². The molecule has 2 aromatic rings. The molecule has 118 valence electrons. The number of ketones is 1. The van der Waals surface area contributed by atoms with E-state index in [-0.39, 0.29) is 11.0 Å². The second-order valence-corrected chi connectivity index (χ2v) is 6.79. The summed E-state index contributed by atoms with van der Waals surface area (Å²) in [6, 6.07) is 13.4. The number of thioether (sulfide) groups is 1. The fourth-order valence-electron chi connectivity index (χ4n) is 2.40. The molecule has 1 atom stereocenters. The average Bonchev–Trinajstić information content (AvgIpc) is 2.86. The second-order valence-electron chi connectivity index (χ2n) is 5.17. The van der Waals surface area contributed by atoms with E-state index in [9.17, 15) is 4.79 Å². The van der Waals surface area contributed by atoms with Gasteiger partial charge in [-0.05, 0) is 37.3 Å². The molecule has 0 saturated heterocycles. The predicted molar refractivity (Wildman–Crippen MR) is 93.8 cm³/mol. The zero-order chi connectivity index (χ0) is 16.2. The summed E-state index contributed by atoms with van der Waals surface area (Å²) in [4.78, 5) is 16.7. The predicted octanol–water partition coefficient (Wildman–Crippen LogP) is 2.75. The van der Waals surface area contributed by atoms with Crippen molar-refractivity contribution in [3.05, 3.63) is 58.6 Å². The zero-order valence-electron chi connectivity index (χ0n) is 12.7. The van der Waals surface area contributed by atoms with Crippen LogP contribution in [0.2, 0.25) is 5.02 Å². The fraction of sp³-hybridized carbons (Fsp3) is 0.222. The molecule has 0 bridgehead atoms. The molecule has 1 aliphatic heterocycles. The highest BCUT2D eigenvalue weighted by Gasteiger charge is 2.32. The van der Waals surface area contributed by atoms with E-state index in [1.54, 1.807) is 11.8 Å². The Balaban J connectivity index is 1.67. The van der Waals surface area contributed by atoms with E-state index in [1.807, 2.05) is 55.6 Å². The molecule has 0 amide bonds. The number of carbonyl (C=O) groups is 1. The van der Waals surface area contributed by atoms with Gasteiger partial charge in [-0.3, -0.25) is 4.79 Å². The molecule has 1 heterocycles. The maximum atomic E-state index is 12.5. The number of Topliss-reactive ketones (excluding diaryl/α,β-unsaturated/α-hetero) is 1. The summed E-state index contributed by atoms with van der Waals surface area (Å²) in [5.74, 6) is 0.866. The topological polar surface area (TPSA) is 40.3 Å². The van der Waals surface area contributed by atoms with Crippen molar-refractivity contribution in [2.75, 3.05) is 6.61 Å². The summed E-state index contributed by atoms with van der Waals surface area (Å²) in [7, 11) is 0. The first-order valence-electron chi connectivity index (χ1n) is 7.46. The molecule has 0 unspecified atom stereocenters. The molecule has 0 saturated carbocycles. The molecule has 5 heteroatoms. The highest BCUT2D eigenvalue weighted by Crippen LogP contribution is 2.37. The lowest BCUT2D eigenvalue weighted by molar-refractivity contribution is -0.470. The van der Waals surface area contributed by atoms with Gasteiger partial charge in [0.25, 0.3) is 0 Å². The Morgan fingerprint density at radius 1 is 1.26 bits per heavy atom. The lowest BCUT2D eigenvalue weighted by Gasteiger charge is -2.03. The summed E-state index contributed by atoms with van der Waals surface area (Å²) in [6.07, 6.45) is 1.86. The largest absolute Gasteiger partial charge is 0.494 e. The number of benzene rings is 2. The van der Waals surface area contributed by atoms with Gasteiger partial charge in [0.05, 0.1) is 6.61 Å². The monoisotopic (exact) mass is 346 g/mol. The van der Waals surface area contributed by atoms with Crippen molar-refractivity contribution in [2.24, 2.45) is 0 Å². The number of ether oxygens (including phenoxy) is 1. The maximum absolute atomic E-state index is 12.5. The molecule has 1 N–H and O–H groups in total. The number of hydrogen-bond donors (Lipinski definition) is 1. The quantitative estimate of drug-likeness (QED) is 0.846. The Morgan fingerprint density at radius 2 is 2.04 bits per heavy atom. The van der Waals surface area contributed by atoms with Crippen LogP contribution in [0.4, 0.5) is 0 Å². The lowest BCUT2D eigenvalue weighted by atomic mass is 10.1. The first kappa shape index (κ1) is 16.1. The van der Waals surface area contributed by atoms with Crippen LogP contribution >= 0.6 is 23.4 Å². The van der Waals surface area contributed by atoms with Crippen molar-refractivity contribution in [1.29, 1.82) is 0 Å². The highest BCUT2D eigenvalue weighted by atomic mass is 35.5. The number of fused-ring (bicyclic) bond motifs is 1. The average molecular weight is 347 g/mol. The Kier molecular flexibility index (Phi) is 5.03. The Bertz CT molecular complexity index is 743. The SMILES string of the molecule is CCOc1ccc2c(c1)C(=O)[C@H](C=[NH+]Cc1ccc(Cl)cc1)S2. The molecule has 3 nitrogen and oxygen atoms in total. The van der Waals surface area contributed by atoms with E-state index in [0.29, 0.717) is 13.2 Å². The van der Waals surface area contributed by atoms with E-state index in [1.165, 1.54) is 0 Å². The molecule has 3 rings (SSSR count). The molecule has 0 fully saturated rings. The third-order valence-electron chi connectivity index (χ3n) is 3.53. The molecule has 1 aliphatic rings. The van der Waals surface area contributed by atoms with Gasteiger partial charge in [0, 0.05) is 21.0 Å². The van der Waals surface area contributed by atoms with Crippen molar-refractivity contribution in [3.63, 3.8) is 0 Å². The number of hydrogen-bond acceptors (Lipinski definition) is 3. The van der Waals surface area contributed by atoms with E-state index in [4.69, 9.17) is 16.3 Å². The van der Waals surface area contributed by atoms with E-state index in [0.717, 1.165) is 26.8 Å². The summed E-state index contributed by atoms with van der Waals surface area (Å²) in [5, 5.41) is 0.522. The molecule has 0 spiro atoms. The molecular weight excluding hydrogens is 330 g/mol. The van der Waals surface area contributed by atoms with Crippen LogP contribution in [-0.2, 0) is 6.54 Å². The molecule has 23 heavy (non-hydrogen) atoms. The van der Waals surface area contributed by atoms with Crippen LogP contribution in [0, 0.1) is 0 Å².